The number of alkyl halides is 3. The molecule has 20 heavy (non-hydrogen) atoms. The molecule has 3 nitrogen and oxygen atoms in total. The van der Waals surface area contributed by atoms with Crippen LogP contribution < -0.4 is 5.73 Å². The lowest BCUT2D eigenvalue weighted by Gasteiger charge is -2.16. The maximum atomic E-state index is 12.5. The standard InChI is InChI=1S/C14H12F3NO2/c15-14(16,17)9-4-5-11(12(18)7-9)13(20)8-2-1-3-10(19)6-8/h1-7,13,19-20H,18H2. The third kappa shape index (κ3) is 2.85. The highest BCUT2D eigenvalue weighted by atomic mass is 19.4. The third-order valence-electron chi connectivity index (χ3n) is 2.89. The van der Waals surface area contributed by atoms with Gasteiger partial charge in [-0.05, 0) is 29.8 Å². The molecule has 0 spiro atoms. The first-order valence-electron chi connectivity index (χ1n) is 5.72. The number of phenols is 1. The number of anilines is 1. The Morgan fingerprint density at radius 1 is 1.05 bits per heavy atom. The number of nitrogens with two attached hydrogens (primary N) is 1. The minimum absolute atomic E-state index is 0.0490. The Bertz CT molecular complexity index is 626. The van der Waals surface area contributed by atoms with Crippen LogP contribution in [-0.4, -0.2) is 10.2 Å². The van der Waals surface area contributed by atoms with E-state index in [-0.39, 0.29) is 17.0 Å². The summed E-state index contributed by atoms with van der Waals surface area (Å²) in [5.41, 5.74) is 5.04. The van der Waals surface area contributed by atoms with Gasteiger partial charge in [0, 0.05) is 11.3 Å². The van der Waals surface area contributed by atoms with Gasteiger partial charge in [-0.2, -0.15) is 13.2 Å². The lowest BCUT2D eigenvalue weighted by Crippen LogP contribution is -2.09. The molecule has 0 aliphatic carbocycles. The molecule has 2 aromatic carbocycles. The first-order valence-corrected chi connectivity index (χ1v) is 5.72. The molecule has 6 heteroatoms. The average Bonchev–Trinajstić information content (AvgIpc) is 2.36. The summed E-state index contributed by atoms with van der Waals surface area (Å²) in [6.45, 7) is 0. The van der Waals surface area contributed by atoms with Crippen LogP contribution in [0.2, 0.25) is 0 Å². The smallest absolute Gasteiger partial charge is 0.416 e. The topological polar surface area (TPSA) is 66.5 Å². The number of halogens is 3. The minimum Gasteiger partial charge on any atom is -0.508 e. The number of benzene rings is 2. The summed E-state index contributed by atoms with van der Waals surface area (Å²) in [5.74, 6) is -0.0490. The van der Waals surface area contributed by atoms with Gasteiger partial charge in [0.1, 0.15) is 11.9 Å². The van der Waals surface area contributed by atoms with Crippen molar-refractivity contribution in [3.63, 3.8) is 0 Å². The molecule has 4 N–H and O–H groups in total. The van der Waals surface area contributed by atoms with Crippen molar-refractivity contribution in [2.24, 2.45) is 0 Å². The first kappa shape index (κ1) is 14.2. The first-order chi connectivity index (χ1) is 9.29. The van der Waals surface area contributed by atoms with Crippen LogP contribution in [0.3, 0.4) is 0 Å². The van der Waals surface area contributed by atoms with Crippen LogP contribution in [0.5, 0.6) is 5.75 Å². The van der Waals surface area contributed by atoms with Crippen molar-refractivity contribution in [1.29, 1.82) is 0 Å². The van der Waals surface area contributed by atoms with Crippen molar-refractivity contribution in [3.05, 3.63) is 59.2 Å². The fourth-order valence-corrected chi connectivity index (χ4v) is 1.87. The molecule has 2 rings (SSSR count). The predicted molar refractivity (Wildman–Crippen MR) is 68.0 cm³/mol. The number of nitrogen functional groups attached to an aromatic ring is 1. The van der Waals surface area contributed by atoms with Crippen molar-refractivity contribution in [2.75, 3.05) is 5.73 Å². The highest BCUT2D eigenvalue weighted by Gasteiger charge is 2.31. The Balaban J connectivity index is 2.38. The second-order valence-electron chi connectivity index (χ2n) is 4.34. The van der Waals surface area contributed by atoms with Gasteiger partial charge < -0.3 is 15.9 Å². The van der Waals surface area contributed by atoms with E-state index in [2.05, 4.69) is 0 Å². The summed E-state index contributed by atoms with van der Waals surface area (Å²) in [6.07, 6.45) is -5.69. The minimum atomic E-state index is -4.48. The van der Waals surface area contributed by atoms with Crippen LogP contribution in [0.15, 0.2) is 42.5 Å². The molecule has 0 aliphatic rings. The van der Waals surface area contributed by atoms with E-state index in [1.165, 1.54) is 18.2 Å². The summed E-state index contributed by atoms with van der Waals surface area (Å²) in [6, 6.07) is 8.58. The van der Waals surface area contributed by atoms with E-state index >= 15 is 0 Å². The molecule has 0 aliphatic heterocycles. The zero-order chi connectivity index (χ0) is 14.9. The Kier molecular flexibility index (Phi) is 3.59. The summed E-state index contributed by atoms with van der Waals surface area (Å²) in [7, 11) is 0. The number of aromatic hydroxyl groups is 1. The van der Waals surface area contributed by atoms with Gasteiger partial charge in [-0.15, -0.1) is 0 Å². The Morgan fingerprint density at radius 3 is 2.30 bits per heavy atom. The van der Waals surface area contributed by atoms with Crippen molar-refractivity contribution in [2.45, 2.75) is 12.3 Å². The summed E-state index contributed by atoms with van der Waals surface area (Å²) in [4.78, 5) is 0. The number of hydrogen-bond donors (Lipinski definition) is 3. The van der Waals surface area contributed by atoms with Gasteiger partial charge >= 0.3 is 6.18 Å². The molecule has 1 atom stereocenters. The zero-order valence-electron chi connectivity index (χ0n) is 10.2. The molecule has 0 heterocycles. The summed E-state index contributed by atoms with van der Waals surface area (Å²) >= 11 is 0. The van der Waals surface area contributed by atoms with Gasteiger partial charge in [-0.25, -0.2) is 0 Å². The van der Waals surface area contributed by atoms with Crippen molar-refractivity contribution in [3.8, 4) is 5.75 Å². The maximum absolute atomic E-state index is 12.5. The van der Waals surface area contributed by atoms with Gasteiger partial charge in [0.15, 0.2) is 0 Å². The second kappa shape index (κ2) is 5.05. The average molecular weight is 283 g/mol. The molecule has 0 fully saturated rings. The van der Waals surface area contributed by atoms with Crippen molar-refractivity contribution in [1.82, 2.24) is 0 Å². The van der Waals surface area contributed by atoms with Gasteiger partial charge in [-0.3, -0.25) is 0 Å². The largest absolute Gasteiger partial charge is 0.508 e. The van der Waals surface area contributed by atoms with Crippen molar-refractivity contribution >= 4 is 5.69 Å². The quantitative estimate of drug-likeness (QED) is 0.742. The Hall–Kier alpha value is -2.21. The number of hydrogen-bond acceptors (Lipinski definition) is 3. The van der Waals surface area contributed by atoms with Crippen LogP contribution >= 0.6 is 0 Å². The van der Waals surface area contributed by atoms with E-state index in [1.807, 2.05) is 0 Å². The molecule has 0 aromatic heterocycles. The van der Waals surface area contributed by atoms with Gasteiger partial charge in [0.05, 0.1) is 5.56 Å². The number of aliphatic hydroxyl groups excluding tert-OH is 1. The van der Waals surface area contributed by atoms with Crippen LogP contribution in [0, 0.1) is 0 Å². The zero-order valence-corrected chi connectivity index (χ0v) is 10.2. The fourth-order valence-electron chi connectivity index (χ4n) is 1.87. The maximum Gasteiger partial charge on any atom is 0.416 e. The van der Waals surface area contributed by atoms with Gasteiger partial charge in [-0.1, -0.05) is 18.2 Å². The van der Waals surface area contributed by atoms with Crippen LogP contribution in [0.4, 0.5) is 18.9 Å². The molecule has 0 saturated carbocycles. The highest BCUT2D eigenvalue weighted by Crippen LogP contribution is 2.34. The normalized spacial score (nSPS) is 13.2. The van der Waals surface area contributed by atoms with E-state index in [0.717, 1.165) is 18.2 Å². The molecule has 106 valence electrons. The van der Waals surface area contributed by atoms with Gasteiger partial charge in [0.2, 0.25) is 0 Å². The fraction of sp³-hybridized carbons (Fsp3) is 0.143. The number of phenolic OH excluding ortho intramolecular Hbond substituents is 1. The van der Waals surface area contributed by atoms with Crippen molar-refractivity contribution < 1.29 is 23.4 Å². The molecular weight excluding hydrogens is 271 g/mol. The van der Waals surface area contributed by atoms with E-state index in [4.69, 9.17) is 5.73 Å². The van der Waals surface area contributed by atoms with E-state index in [9.17, 15) is 23.4 Å². The molecule has 0 saturated heterocycles. The number of aliphatic hydroxyl groups is 1. The lowest BCUT2D eigenvalue weighted by atomic mass is 9.98. The second-order valence-corrected chi connectivity index (χ2v) is 4.34. The van der Waals surface area contributed by atoms with E-state index in [1.54, 1.807) is 6.07 Å². The van der Waals surface area contributed by atoms with Gasteiger partial charge in [0.25, 0.3) is 0 Å². The van der Waals surface area contributed by atoms with E-state index in [0.29, 0.717) is 5.56 Å². The van der Waals surface area contributed by atoms with Crippen LogP contribution in [0.25, 0.3) is 0 Å². The third-order valence-corrected chi connectivity index (χ3v) is 2.89. The lowest BCUT2D eigenvalue weighted by molar-refractivity contribution is -0.137. The van der Waals surface area contributed by atoms with Crippen LogP contribution in [-0.2, 0) is 6.18 Å². The molecule has 0 amide bonds. The molecule has 0 radical (unpaired) electrons. The van der Waals surface area contributed by atoms with E-state index < -0.39 is 17.8 Å². The summed E-state index contributed by atoms with van der Waals surface area (Å²) in [5, 5.41) is 19.5. The Labute approximate surface area is 113 Å². The molecule has 0 bridgehead atoms. The number of rotatable bonds is 2. The molecule has 1 unspecified atom stereocenters. The molecular formula is C14H12F3NO2. The highest BCUT2D eigenvalue weighted by molar-refractivity contribution is 5.53. The molecule has 2 aromatic rings. The Morgan fingerprint density at radius 2 is 1.75 bits per heavy atom. The summed E-state index contributed by atoms with van der Waals surface area (Å²) < 4.78 is 37.6. The predicted octanol–water partition coefficient (Wildman–Crippen LogP) is 3.07. The van der Waals surface area contributed by atoms with Crippen LogP contribution in [0.1, 0.15) is 22.8 Å². The SMILES string of the molecule is Nc1cc(C(F)(F)F)ccc1C(O)c1cccc(O)c1. The monoisotopic (exact) mass is 283 g/mol.